The summed E-state index contributed by atoms with van der Waals surface area (Å²) in [7, 11) is 0. The molecule has 0 spiro atoms. The van der Waals surface area contributed by atoms with Crippen molar-refractivity contribution < 1.29 is 9.59 Å². The van der Waals surface area contributed by atoms with Gasteiger partial charge in [0.1, 0.15) is 0 Å². The average Bonchev–Trinajstić information content (AvgIpc) is 2.27. The fourth-order valence-electron chi connectivity index (χ4n) is 0.908. The highest BCUT2D eigenvalue weighted by atomic mass is 16.2. The molecule has 0 unspecified atom stereocenters. The summed E-state index contributed by atoms with van der Waals surface area (Å²) in [4.78, 5) is 21.9. The molecule has 0 bridgehead atoms. The summed E-state index contributed by atoms with van der Waals surface area (Å²) in [5, 5.41) is 4.89. The molecule has 3 amide bonds. The third kappa shape index (κ3) is 4.10. The van der Waals surface area contributed by atoms with Crippen LogP contribution in [0.5, 0.6) is 0 Å². The first kappa shape index (κ1) is 11.0. The number of carbonyl (C=O) groups is 2. The van der Waals surface area contributed by atoms with Gasteiger partial charge in [-0.1, -0.05) is 18.2 Å². The standard InChI is InChI=1S/C9H12N4O2/c10-13-8(14)6-11-9(15)12-7-4-2-1-3-5-7/h1-5H,6,10H2,(H,13,14)(H2,11,12,15). The maximum Gasteiger partial charge on any atom is 0.319 e. The third-order valence-electron chi connectivity index (χ3n) is 1.60. The number of benzene rings is 1. The summed E-state index contributed by atoms with van der Waals surface area (Å²) >= 11 is 0. The highest BCUT2D eigenvalue weighted by Crippen LogP contribution is 2.03. The minimum atomic E-state index is -0.460. The zero-order chi connectivity index (χ0) is 11.1. The second-order valence-electron chi connectivity index (χ2n) is 2.74. The van der Waals surface area contributed by atoms with Crippen molar-refractivity contribution >= 4 is 17.6 Å². The maximum absolute atomic E-state index is 11.2. The van der Waals surface area contributed by atoms with Crippen molar-refractivity contribution in [2.45, 2.75) is 0 Å². The van der Waals surface area contributed by atoms with E-state index in [0.29, 0.717) is 5.69 Å². The van der Waals surface area contributed by atoms with Crippen molar-refractivity contribution in [3.63, 3.8) is 0 Å². The van der Waals surface area contributed by atoms with Gasteiger partial charge < -0.3 is 10.6 Å². The van der Waals surface area contributed by atoms with Crippen molar-refractivity contribution in [3.05, 3.63) is 30.3 Å². The second kappa shape index (κ2) is 5.61. The van der Waals surface area contributed by atoms with Crippen LogP contribution in [-0.4, -0.2) is 18.5 Å². The Bertz CT molecular complexity index is 339. The van der Waals surface area contributed by atoms with Crippen molar-refractivity contribution in [1.82, 2.24) is 10.7 Å². The van der Waals surface area contributed by atoms with Gasteiger partial charge in [-0.25, -0.2) is 10.6 Å². The average molecular weight is 208 g/mol. The van der Waals surface area contributed by atoms with E-state index in [1.54, 1.807) is 24.3 Å². The van der Waals surface area contributed by atoms with Gasteiger partial charge in [-0.05, 0) is 12.1 Å². The number of rotatable bonds is 3. The molecule has 1 aromatic rings. The quantitative estimate of drug-likeness (QED) is 0.314. The predicted octanol–water partition coefficient (Wildman–Crippen LogP) is -0.202. The van der Waals surface area contributed by atoms with Crippen molar-refractivity contribution in [3.8, 4) is 0 Å². The lowest BCUT2D eigenvalue weighted by Gasteiger charge is -2.06. The number of hydrogen-bond acceptors (Lipinski definition) is 3. The molecule has 15 heavy (non-hydrogen) atoms. The van der Waals surface area contributed by atoms with Crippen LogP contribution in [0, 0.1) is 0 Å². The van der Waals surface area contributed by atoms with Crippen LogP contribution in [0.2, 0.25) is 0 Å². The summed E-state index contributed by atoms with van der Waals surface area (Å²) in [6.45, 7) is -0.158. The van der Waals surface area contributed by atoms with E-state index in [4.69, 9.17) is 5.84 Å². The van der Waals surface area contributed by atoms with Crippen LogP contribution in [0.4, 0.5) is 10.5 Å². The highest BCUT2D eigenvalue weighted by molar-refractivity contribution is 5.92. The van der Waals surface area contributed by atoms with Crippen LogP contribution in [0.15, 0.2) is 30.3 Å². The van der Waals surface area contributed by atoms with E-state index >= 15 is 0 Å². The van der Waals surface area contributed by atoms with E-state index < -0.39 is 11.9 Å². The minimum Gasteiger partial charge on any atom is -0.329 e. The maximum atomic E-state index is 11.2. The molecule has 0 radical (unpaired) electrons. The number of para-hydroxylation sites is 1. The Hall–Kier alpha value is -2.08. The number of anilines is 1. The van der Waals surface area contributed by atoms with E-state index in [0.717, 1.165) is 0 Å². The first-order valence-corrected chi connectivity index (χ1v) is 4.31. The monoisotopic (exact) mass is 208 g/mol. The molecule has 0 aliphatic heterocycles. The Balaban J connectivity index is 2.34. The van der Waals surface area contributed by atoms with E-state index in [2.05, 4.69) is 10.6 Å². The van der Waals surface area contributed by atoms with Crippen LogP contribution in [0.25, 0.3) is 0 Å². The zero-order valence-electron chi connectivity index (χ0n) is 7.99. The van der Waals surface area contributed by atoms with Crippen molar-refractivity contribution in [1.29, 1.82) is 0 Å². The Morgan fingerprint density at radius 2 is 1.87 bits per heavy atom. The van der Waals surface area contributed by atoms with Gasteiger partial charge in [0, 0.05) is 5.69 Å². The Labute approximate surface area is 86.8 Å². The zero-order valence-corrected chi connectivity index (χ0v) is 7.99. The molecule has 6 heteroatoms. The van der Waals surface area contributed by atoms with Gasteiger partial charge in [0.25, 0.3) is 5.91 Å². The Morgan fingerprint density at radius 1 is 1.20 bits per heavy atom. The van der Waals surface area contributed by atoms with Crippen molar-refractivity contribution in [2.24, 2.45) is 5.84 Å². The minimum absolute atomic E-state index is 0.158. The van der Waals surface area contributed by atoms with E-state index in [1.165, 1.54) is 0 Å². The van der Waals surface area contributed by atoms with E-state index in [9.17, 15) is 9.59 Å². The number of hydrazine groups is 1. The number of carbonyl (C=O) groups excluding carboxylic acids is 2. The number of urea groups is 1. The first-order chi connectivity index (χ1) is 7.22. The summed E-state index contributed by atoms with van der Waals surface area (Å²) in [6.07, 6.45) is 0. The Kier molecular flexibility index (Phi) is 4.11. The molecule has 0 aliphatic carbocycles. The summed E-state index contributed by atoms with van der Waals surface area (Å²) < 4.78 is 0. The lowest BCUT2D eigenvalue weighted by Crippen LogP contribution is -2.41. The molecule has 0 heterocycles. The van der Waals surface area contributed by atoms with Crippen LogP contribution >= 0.6 is 0 Å². The largest absolute Gasteiger partial charge is 0.329 e. The Morgan fingerprint density at radius 3 is 2.47 bits per heavy atom. The topological polar surface area (TPSA) is 96.2 Å². The lowest BCUT2D eigenvalue weighted by atomic mass is 10.3. The van der Waals surface area contributed by atoms with Gasteiger partial charge in [0.2, 0.25) is 0 Å². The summed E-state index contributed by atoms with van der Waals surface area (Å²) in [5.41, 5.74) is 2.56. The molecule has 1 aromatic carbocycles. The number of amides is 3. The SMILES string of the molecule is NNC(=O)CNC(=O)Nc1ccccc1. The van der Waals surface area contributed by atoms with Crippen LogP contribution in [0.1, 0.15) is 0 Å². The number of hydrogen-bond donors (Lipinski definition) is 4. The fraction of sp³-hybridized carbons (Fsp3) is 0.111. The van der Waals surface area contributed by atoms with Gasteiger partial charge in [-0.2, -0.15) is 0 Å². The smallest absolute Gasteiger partial charge is 0.319 e. The summed E-state index contributed by atoms with van der Waals surface area (Å²) in [6, 6.07) is 8.45. The van der Waals surface area contributed by atoms with Crippen molar-refractivity contribution in [2.75, 3.05) is 11.9 Å². The molecule has 5 N–H and O–H groups in total. The molecular formula is C9H12N4O2. The molecule has 1 rings (SSSR count). The van der Waals surface area contributed by atoms with Gasteiger partial charge in [-0.15, -0.1) is 0 Å². The molecule has 0 aliphatic rings. The van der Waals surface area contributed by atoms with Crippen LogP contribution < -0.4 is 21.9 Å². The molecule has 0 saturated carbocycles. The van der Waals surface area contributed by atoms with Crippen LogP contribution in [0.3, 0.4) is 0 Å². The van der Waals surface area contributed by atoms with Gasteiger partial charge in [0.05, 0.1) is 6.54 Å². The molecule has 0 fully saturated rings. The van der Waals surface area contributed by atoms with E-state index in [1.807, 2.05) is 11.5 Å². The molecular weight excluding hydrogens is 196 g/mol. The van der Waals surface area contributed by atoms with Crippen LogP contribution in [-0.2, 0) is 4.79 Å². The fourth-order valence-corrected chi connectivity index (χ4v) is 0.908. The first-order valence-electron chi connectivity index (χ1n) is 4.31. The summed E-state index contributed by atoms with van der Waals surface area (Å²) in [5.74, 6) is 4.38. The number of nitrogens with one attached hydrogen (secondary N) is 3. The molecule has 0 saturated heterocycles. The third-order valence-corrected chi connectivity index (χ3v) is 1.60. The lowest BCUT2D eigenvalue weighted by molar-refractivity contribution is -0.120. The van der Waals surface area contributed by atoms with E-state index in [-0.39, 0.29) is 6.54 Å². The molecule has 80 valence electrons. The molecule has 6 nitrogen and oxygen atoms in total. The van der Waals surface area contributed by atoms with Gasteiger partial charge >= 0.3 is 6.03 Å². The predicted molar refractivity (Wildman–Crippen MR) is 55.8 cm³/mol. The second-order valence-corrected chi connectivity index (χ2v) is 2.74. The van der Waals surface area contributed by atoms with Gasteiger partial charge in [0.15, 0.2) is 0 Å². The number of nitrogens with two attached hydrogens (primary N) is 1. The molecule has 0 aromatic heterocycles. The molecule has 0 atom stereocenters. The highest BCUT2D eigenvalue weighted by Gasteiger charge is 2.03. The van der Waals surface area contributed by atoms with Gasteiger partial charge in [-0.3, -0.25) is 10.2 Å². The normalized spacial score (nSPS) is 9.13.